The second kappa shape index (κ2) is 8.71. The molecule has 8 heteroatoms. The molecule has 1 fully saturated rings. The van der Waals surface area contributed by atoms with Gasteiger partial charge in [-0.1, -0.05) is 0 Å². The minimum absolute atomic E-state index is 0.0855. The molecule has 0 aliphatic carbocycles. The molecule has 0 bridgehead atoms. The van der Waals surface area contributed by atoms with Crippen LogP contribution < -0.4 is 15.0 Å². The number of rotatable bonds is 5. The number of likely N-dealkylation sites (tertiary alicyclic amines) is 1. The van der Waals surface area contributed by atoms with Crippen molar-refractivity contribution in [1.29, 1.82) is 0 Å². The third-order valence-corrected chi connectivity index (χ3v) is 6.07. The number of hydrogen-bond donors (Lipinski definition) is 1. The van der Waals surface area contributed by atoms with E-state index in [1.165, 1.54) is 6.07 Å². The number of aromatic amines is 1. The molecular formula is C22H23N3O4S. The molecule has 0 atom stereocenters. The van der Waals surface area contributed by atoms with Gasteiger partial charge in [0.15, 0.2) is 0 Å². The topological polar surface area (TPSA) is 84.5 Å². The number of piperidine rings is 1. The normalized spacial score (nSPS) is 14.5. The maximum Gasteiger partial charge on any atom is 0.257 e. The molecule has 4 rings (SSSR count). The lowest BCUT2D eigenvalue weighted by atomic mass is 9.95. The number of methoxy groups -OCH3 is 2. The van der Waals surface area contributed by atoms with Crippen LogP contribution in [0.3, 0.4) is 0 Å². The molecule has 3 heterocycles. The van der Waals surface area contributed by atoms with Crippen molar-refractivity contribution in [2.75, 3.05) is 27.3 Å². The van der Waals surface area contributed by atoms with Crippen LogP contribution in [0.1, 0.15) is 34.9 Å². The van der Waals surface area contributed by atoms with Crippen LogP contribution in [0.4, 0.5) is 0 Å². The Hall–Kier alpha value is -3.13. The molecule has 1 N–H and O–H groups in total. The van der Waals surface area contributed by atoms with E-state index in [9.17, 15) is 9.59 Å². The van der Waals surface area contributed by atoms with Gasteiger partial charge in [-0.05, 0) is 42.5 Å². The second-order valence-corrected chi connectivity index (χ2v) is 7.94. The summed E-state index contributed by atoms with van der Waals surface area (Å²) in [6.07, 6.45) is 1.46. The lowest BCUT2D eigenvalue weighted by Crippen LogP contribution is -2.38. The molecule has 1 aromatic carbocycles. The molecule has 2 aromatic heterocycles. The summed E-state index contributed by atoms with van der Waals surface area (Å²) in [5.74, 6) is 1.85. The maximum absolute atomic E-state index is 13.1. The molecule has 156 valence electrons. The van der Waals surface area contributed by atoms with Gasteiger partial charge in [0.25, 0.3) is 11.5 Å². The molecule has 1 saturated heterocycles. The van der Waals surface area contributed by atoms with Crippen molar-refractivity contribution in [3.63, 3.8) is 0 Å². The van der Waals surface area contributed by atoms with E-state index >= 15 is 0 Å². The zero-order chi connectivity index (χ0) is 21.1. The molecule has 1 amide bonds. The van der Waals surface area contributed by atoms with Gasteiger partial charge in [-0.15, -0.1) is 0 Å². The number of ether oxygens (including phenoxy) is 2. The van der Waals surface area contributed by atoms with E-state index in [0.29, 0.717) is 41.7 Å². The first-order chi connectivity index (χ1) is 14.6. The summed E-state index contributed by atoms with van der Waals surface area (Å²) in [7, 11) is 3.12. The number of hydrogen-bond acceptors (Lipinski definition) is 6. The molecule has 0 radical (unpaired) electrons. The first kappa shape index (κ1) is 20.2. The van der Waals surface area contributed by atoms with Crippen molar-refractivity contribution in [3.05, 3.63) is 62.8 Å². The number of amides is 1. The Labute approximate surface area is 178 Å². The van der Waals surface area contributed by atoms with E-state index in [1.54, 1.807) is 43.8 Å². The Morgan fingerprint density at radius 2 is 1.97 bits per heavy atom. The van der Waals surface area contributed by atoms with Gasteiger partial charge < -0.3 is 19.4 Å². The average molecular weight is 426 g/mol. The third-order valence-electron chi connectivity index (χ3n) is 5.38. The van der Waals surface area contributed by atoms with Crippen molar-refractivity contribution in [3.8, 4) is 22.8 Å². The standard InChI is InChI=1S/C22H23N3O4S/c1-28-16-3-4-19(29-2)17(11-16)22(27)25-8-5-14(6-9-25)21-23-18(12-20(26)24-21)15-7-10-30-13-15/h3-4,7,10-14H,5-6,8-9H2,1-2H3,(H,23,24,26). The van der Waals surface area contributed by atoms with Crippen LogP contribution in [0, 0.1) is 0 Å². The van der Waals surface area contributed by atoms with Gasteiger partial charge in [0.1, 0.15) is 17.3 Å². The molecule has 1 aliphatic rings. The average Bonchev–Trinajstić information content (AvgIpc) is 3.33. The van der Waals surface area contributed by atoms with E-state index < -0.39 is 0 Å². The summed E-state index contributed by atoms with van der Waals surface area (Å²) in [4.78, 5) is 34.6. The van der Waals surface area contributed by atoms with Crippen LogP contribution in [0.5, 0.6) is 11.5 Å². The smallest absolute Gasteiger partial charge is 0.257 e. The highest BCUT2D eigenvalue weighted by atomic mass is 32.1. The fourth-order valence-corrected chi connectivity index (χ4v) is 4.39. The minimum Gasteiger partial charge on any atom is -0.497 e. The van der Waals surface area contributed by atoms with Crippen LogP contribution in [0.15, 0.2) is 45.9 Å². The number of benzene rings is 1. The lowest BCUT2D eigenvalue weighted by molar-refractivity contribution is 0.0707. The van der Waals surface area contributed by atoms with Crippen LogP contribution in [-0.4, -0.2) is 48.1 Å². The minimum atomic E-state index is -0.152. The third kappa shape index (κ3) is 4.09. The van der Waals surface area contributed by atoms with Crippen molar-refractivity contribution < 1.29 is 14.3 Å². The molecule has 0 unspecified atom stereocenters. The fourth-order valence-electron chi connectivity index (χ4n) is 3.74. The number of carbonyl (C=O) groups is 1. The first-order valence-corrected chi connectivity index (χ1v) is 10.7. The largest absolute Gasteiger partial charge is 0.497 e. The van der Waals surface area contributed by atoms with Crippen molar-refractivity contribution in [1.82, 2.24) is 14.9 Å². The Bertz CT molecular complexity index is 1090. The molecule has 7 nitrogen and oxygen atoms in total. The number of nitrogens with one attached hydrogen (secondary N) is 1. The van der Waals surface area contributed by atoms with Crippen molar-refractivity contribution in [2.45, 2.75) is 18.8 Å². The Kier molecular flexibility index (Phi) is 5.85. The highest BCUT2D eigenvalue weighted by Crippen LogP contribution is 2.30. The van der Waals surface area contributed by atoms with Crippen LogP contribution in [0.25, 0.3) is 11.3 Å². The highest BCUT2D eigenvalue weighted by Gasteiger charge is 2.28. The molecule has 3 aromatic rings. The summed E-state index contributed by atoms with van der Waals surface area (Å²) in [5.41, 5.74) is 1.97. The predicted octanol–water partition coefficient (Wildman–Crippen LogP) is 3.54. The van der Waals surface area contributed by atoms with Gasteiger partial charge in [0.2, 0.25) is 0 Å². The molecule has 0 spiro atoms. The summed E-state index contributed by atoms with van der Waals surface area (Å²) >= 11 is 1.57. The predicted molar refractivity (Wildman–Crippen MR) is 116 cm³/mol. The van der Waals surface area contributed by atoms with E-state index in [1.807, 2.05) is 21.7 Å². The van der Waals surface area contributed by atoms with E-state index in [0.717, 1.165) is 18.4 Å². The number of aromatic nitrogens is 2. The van der Waals surface area contributed by atoms with Crippen LogP contribution in [0.2, 0.25) is 0 Å². The summed E-state index contributed by atoms with van der Waals surface area (Å²) < 4.78 is 10.6. The van der Waals surface area contributed by atoms with Crippen LogP contribution in [-0.2, 0) is 0 Å². The molecular weight excluding hydrogens is 402 g/mol. The number of thiophene rings is 1. The van der Waals surface area contributed by atoms with Gasteiger partial charge in [0.05, 0.1) is 25.5 Å². The molecule has 1 aliphatic heterocycles. The van der Waals surface area contributed by atoms with Crippen LogP contribution >= 0.6 is 11.3 Å². The Balaban J connectivity index is 1.50. The summed E-state index contributed by atoms with van der Waals surface area (Å²) in [6, 6.07) is 8.70. The first-order valence-electron chi connectivity index (χ1n) is 9.74. The summed E-state index contributed by atoms with van der Waals surface area (Å²) in [5, 5.41) is 3.95. The van der Waals surface area contributed by atoms with E-state index in [-0.39, 0.29) is 17.4 Å². The number of nitrogens with zero attached hydrogens (tertiary/aromatic N) is 2. The fraction of sp³-hybridized carbons (Fsp3) is 0.318. The van der Waals surface area contributed by atoms with Crippen molar-refractivity contribution >= 4 is 17.2 Å². The molecule has 0 saturated carbocycles. The SMILES string of the molecule is COc1ccc(OC)c(C(=O)N2CCC(c3nc(-c4ccsc4)cc(=O)[nH]3)CC2)c1. The zero-order valence-corrected chi connectivity index (χ0v) is 17.7. The molecule has 30 heavy (non-hydrogen) atoms. The maximum atomic E-state index is 13.1. The summed E-state index contributed by atoms with van der Waals surface area (Å²) in [6.45, 7) is 1.16. The van der Waals surface area contributed by atoms with Gasteiger partial charge >= 0.3 is 0 Å². The van der Waals surface area contributed by atoms with E-state index in [2.05, 4.69) is 9.97 Å². The lowest BCUT2D eigenvalue weighted by Gasteiger charge is -2.32. The quantitative estimate of drug-likeness (QED) is 0.676. The monoisotopic (exact) mass is 425 g/mol. The van der Waals surface area contributed by atoms with Gasteiger partial charge in [-0.2, -0.15) is 11.3 Å². The van der Waals surface area contributed by atoms with Gasteiger partial charge in [0, 0.05) is 36.0 Å². The Morgan fingerprint density at radius 3 is 2.63 bits per heavy atom. The van der Waals surface area contributed by atoms with Crippen molar-refractivity contribution in [2.24, 2.45) is 0 Å². The highest BCUT2D eigenvalue weighted by molar-refractivity contribution is 7.08. The second-order valence-electron chi connectivity index (χ2n) is 7.16. The Morgan fingerprint density at radius 1 is 1.17 bits per heavy atom. The van der Waals surface area contributed by atoms with Gasteiger partial charge in [-0.25, -0.2) is 4.98 Å². The zero-order valence-electron chi connectivity index (χ0n) is 16.9. The van der Waals surface area contributed by atoms with Gasteiger partial charge in [-0.3, -0.25) is 9.59 Å². The van der Waals surface area contributed by atoms with E-state index in [4.69, 9.17) is 9.47 Å². The number of H-pyrrole nitrogens is 1. The number of carbonyl (C=O) groups excluding carboxylic acids is 1.